The number of ether oxygens (including phenoxy) is 2. The zero-order chi connectivity index (χ0) is 28.2. The summed E-state index contributed by atoms with van der Waals surface area (Å²) in [7, 11) is 0. The van der Waals surface area contributed by atoms with E-state index in [1.165, 1.54) is 4.90 Å². The SMILES string of the molecule is C=CCC(C)(C)COC(=O)N[C@H](C(=O)N1C[C@H](Oc2nccc3ccc(Br)cc23)C[C@H]1C(=O)O)C1CCCC1. The highest BCUT2D eigenvalue weighted by Crippen LogP contribution is 2.33. The third-order valence-corrected chi connectivity index (χ3v) is 8.00. The number of aromatic nitrogens is 1. The fraction of sp³-hybridized carbons (Fsp3) is 0.517. The van der Waals surface area contributed by atoms with Gasteiger partial charge in [-0.25, -0.2) is 14.6 Å². The summed E-state index contributed by atoms with van der Waals surface area (Å²) in [5.41, 5.74) is -0.287. The zero-order valence-corrected chi connectivity index (χ0v) is 24.0. The van der Waals surface area contributed by atoms with Crippen molar-refractivity contribution < 1.29 is 29.0 Å². The molecular formula is C29H36BrN3O6. The Morgan fingerprint density at radius 1 is 1.28 bits per heavy atom. The predicted molar refractivity (Wildman–Crippen MR) is 150 cm³/mol. The Balaban J connectivity index is 1.50. The van der Waals surface area contributed by atoms with Gasteiger partial charge in [-0.15, -0.1) is 6.58 Å². The molecule has 2 aliphatic rings. The third-order valence-electron chi connectivity index (χ3n) is 7.50. The molecule has 2 N–H and O–H groups in total. The number of aliphatic carboxylic acids is 1. The van der Waals surface area contributed by atoms with Crippen molar-refractivity contribution >= 4 is 44.7 Å². The first-order valence-corrected chi connectivity index (χ1v) is 14.2. The average Bonchev–Trinajstić information content (AvgIpc) is 3.57. The molecule has 3 atom stereocenters. The molecule has 2 aromatic rings. The monoisotopic (exact) mass is 601 g/mol. The van der Waals surface area contributed by atoms with Crippen LogP contribution in [-0.4, -0.2) is 64.3 Å². The van der Waals surface area contributed by atoms with Gasteiger partial charge in [0.1, 0.15) is 18.2 Å². The van der Waals surface area contributed by atoms with Gasteiger partial charge < -0.3 is 24.8 Å². The van der Waals surface area contributed by atoms with Crippen LogP contribution in [0, 0.1) is 11.3 Å². The van der Waals surface area contributed by atoms with Gasteiger partial charge in [-0.05, 0) is 48.8 Å². The van der Waals surface area contributed by atoms with Gasteiger partial charge in [-0.2, -0.15) is 0 Å². The van der Waals surface area contributed by atoms with Gasteiger partial charge in [0, 0.05) is 27.9 Å². The first-order valence-electron chi connectivity index (χ1n) is 13.4. The van der Waals surface area contributed by atoms with Crippen LogP contribution in [0.25, 0.3) is 10.8 Å². The number of nitrogens with one attached hydrogen (secondary N) is 1. The highest BCUT2D eigenvalue weighted by atomic mass is 79.9. The molecule has 39 heavy (non-hydrogen) atoms. The van der Waals surface area contributed by atoms with E-state index in [1.807, 2.05) is 38.1 Å². The third kappa shape index (κ3) is 7.09. The molecule has 0 unspecified atom stereocenters. The molecule has 1 aliphatic carbocycles. The number of fused-ring (bicyclic) bond motifs is 1. The summed E-state index contributed by atoms with van der Waals surface area (Å²) in [6.07, 6.45) is 6.41. The van der Waals surface area contributed by atoms with Crippen molar-refractivity contribution in [3.63, 3.8) is 0 Å². The van der Waals surface area contributed by atoms with Crippen LogP contribution in [-0.2, 0) is 14.3 Å². The number of benzene rings is 1. The van der Waals surface area contributed by atoms with Crippen molar-refractivity contribution in [3.05, 3.63) is 47.6 Å². The number of rotatable bonds is 10. The number of nitrogens with zero attached hydrogens (tertiary/aromatic N) is 2. The predicted octanol–water partition coefficient (Wildman–Crippen LogP) is 5.32. The van der Waals surface area contributed by atoms with E-state index in [9.17, 15) is 19.5 Å². The summed E-state index contributed by atoms with van der Waals surface area (Å²) in [5, 5.41) is 14.5. The van der Waals surface area contributed by atoms with Crippen molar-refractivity contribution in [1.82, 2.24) is 15.2 Å². The molecule has 1 aromatic heterocycles. The second-order valence-corrected chi connectivity index (χ2v) is 12.1. The van der Waals surface area contributed by atoms with Crippen molar-refractivity contribution in [3.8, 4) is 5.88 Å². The molecule has 1 aliphatic heterocycles. The Morgan fingerprint density at radius 3 is 2.72 bits per heavy atom. The number of pyridine rings is 1. The van der Waals surface area contributed by atoms with Gasteiger partial charge >= 0.3 is 12.1 Å². The summed E-state index contributed by atoms with van der Waals surface area (Å²) >= 11 is 3.47. The van der Waals surface area contributed by atoms with E-state index in [0.717, 1.165) is 40.9 Å². The number of carbonyl (C=O) groups excluding carboxylic acids is 2. The summed E-state index contributed by atoms with van der Waals surface area (Å²) in [6, 6.07) is 5.69. The molecule has 210 valence electrons. The highest BCUT2D eigenvalue weighted by molar-refractivity contribution is 9.10. The topological polar surface area (TPSA) is 118 Å². The summed E-state index contributed by atoms with van der Waals surface area (Å²) in [4.78, 5) is 44.5. The van der Waals surface area contributed by atoms with Gasteiger partial charge in [0.25, 0.3) is 0 Å². The lowest BCUT2D eigenvalue weighted by Gasteiger charge is -2.30. The van der Waals surface area contributed by atoms with Crippen LogP contribution in [0.5, 0.6) is 5.88 Å². The Labute approximate surface area is 237 Å². The zero-order valence-electron chi connectivity index (χ0n) is 22.4. The van der Waals surface area contributed by atoms with Gasteiger partial charge in [-0.1, -0.05) is 54.8 Å². The molecule has 2 heterocycles. The summed E-state index contributed by atoms with van der Waals surface area (Å²) in [6.45, 7) is 7.92. The lowest BCUT2D eigenvalue weighted by Crippen LogP contribution is -2.54. The fourth-order valence-electron chi connectivity index (χ4n) is 5.46. The minimum Gasteiger partial charge on any atom is -0.480 e. The quantitative estimate of drug-likeness (QED) is 0.354. The Hall–Kier alpha value is -3.14. The van der Waals surface area contributed by atoms with E-state index in [-0.39, 0.29) is 30.9 Å². The Morgan fingerprint density at radius 2 is 2.03 bits per heavy atom. The number of alkyl carbamates (subject to hydrolysis) is 1. The number of halogens is 1. The van der Waals surface area contributed by atoms with Gasteiger partial charge in [0.2, 0.25) is 11.8 Å². The molecule has 1 aromatic carbocycles. The summed E-state index contributed by atoms with van der Waals surface area (Å²) in [5.74, 6) is -1.23. The number of amides is 2. The second-order valence-electron chi connectivity index (χ2n) is 11.2. The standard InChI is InChI=1S/C29H36BrN3O6/c1-4-12-29(2,3)17-38-28(37)32-24(19-7-5-6-8-19)26(34)33-16-21(15-23(33)27(35)36)39-25-22-14-20(30)10-9-18(22)11-13-31-25/h4,9-11,13-14,19,21,23-24H,1,5-8,12,15-17H2,2-3H3,(H,32,37)(H,35,36)/t21-,23+,24+/m1/s1. The van der Waals surface area contributed by atoms with Gasteiger partial charge in [-0.3, -0.25) is 4.79 Å². The first kappa shape index (κ1) is 28.9. The Kier molecular flexibility index (Phi) is 9.15. The summed E-state index contributed by atoms with van der Waals surface area (Å²) < 4.78 is 12.5. The van der Waals surface area contributed by atoms with Crippen molar-refractivity contribution in [2.24, 2.45) is 11.3 Å². The molecule has 1 saturated heterocycles. The van der Waals surface area contributed by atoms with Gasteiger partial charge in [0.15, 0.2) is 0 Å². The van der Waals surface area contributed by atoms with Gasteiger partial charge in [0.05, 0.1) is 13.2 Å². The van der Waals surface area contributed by atoms with Crippen LogP contribution in [0.2, 0.25) is 0 Å². The number of carboxylic acid groups (broad SMARTS) is 1. The maximum absolute atomic E-state index is 13.8. The van der Waals surface area contributed by atoms with Crippen LogP contribution in [0.4, 0.5) is 4.79 Å². The normalized spacial score (nSPS) is 20.5. The lowest BCUT2D eigenvalue weighted by molar-refractivity contribution is -0.149. The van der Waals surface area contributed by atoms with E-state index in [0.29, 0.717) is 12.3 Å². The van der Waals surface area contributed by atoms with E-state index in [4.69, 9.17) is 9.47 Å². The van der Waals surface area contributed by atoms with E-state index in [2.05, 4.69) is 32.8 Å². The minimum atomic E-state index is -1.11. The van der Waals surface area contributed by atoms with Crippen LogP contribution < -0.4 is 10.1 Å². The first-order chi connectivity index (χ1) is 18.6. The number of carbonyl (C=O) groups is 3. The fourth-order valence-corrected chi connectivity index (χ4v) is 5.82. The molecule has 1 saturated carbocycles. The number of likely N-dealkylation sites (tertiary alicyclic amines) is 1. The molecule has 0 radical (unpaired) electrons. The van der Waals surface area contributed by atoms with Crippen molar-refractivity contribution in [2.45, 2.75) is 70.6 Å². The average molecular weight is 603 g/mol. The number of hydrogen-bond acceptors (Lipinski definition) is 6. The molecule has 2 fully saturated rings. The van der Waals surface area contributed by atoms with Crippen LogP contribution in [0.3, 0.4) is 0 Å². The molecule has 10 heteroatoms. The molecule has 9 nitrogen and oxygen atoms in total. The van der Waals surface area contributed by atoms with Crippen LogP contribution in [0.15, 0.2) is 47.6 Å². The van der Waals surface area contributed by atoms with Crippen LogP contribution in [0.1, 0.15) is 52.4 Å². The molecule has 0 bridgehead atoms. The highest BCUT2D eigenvalue weighted by Gasteiger charge is 2.45. The Bertz CT molecular complexity index is 1230. The van der Waals surface area contributed by atoms with Crippen molar-refractivity contribution in [1.29, 1.82) is 0 Å². The maximum Gasteiger partial charge on any atom is 0.407 e. The smallest absolute Gasteiger partial charge is 0.407 e. The maximum atomic E-state index is 13.8. The number of carboxylic acids is 1. The number of hydrogen-bond donors (Lipinski definition) is 2. The molecule has 4 rings (SSSR count). The van der Waals surface area contributed by atoms with E-state index >= 15 is 0 Å². The van der Waals surface area contributed by atoms with E-state index in [1.54, 1.807) is 12.3 Å². The van der Waals surface area contributed by atoms with Crippen LogP contribution >= 0.6 is 15.9 Å². The van der Waals surface area contributed by atoms with Crippen molar-refractivity contribution in [2.75, 3.05) is 13.2 Å². The number of allylic oxidation sites excluding steroid dienone is 1. The van der Waals surface area contributed by atoms with E-state index < -0.39 is 36.2 Å². The second kappa shape index (κ2) is 12.4. The molecular weight excluding hydrogens is 566 g/mol. The molecule has 2 amide bonds. The lowest BCUT2D eigenvalue weighted by atomic mass is 9.91. The largest absolute Gasteiger partial charge is 0.480 e. The molecule has 0 spiro atoms. The minimum absolute atomic E-state index is 0.0776.